The van der Waals surface area contributed by atoms with E-state index in [0.717, 1.165) is 0 Å². The molecule has 0 saturated carbocycles. The molecule has 0 saturated heterocycles. The number of hydrogen-bond acceptors (Lipinski definition) is 2. The summed E-state index contributed by atoms with van der Waals surface area (Å²) in [6, 6.07) is 14.3. The zero-order chi connectivity index (χ0) is 15.8. The maximum atomic E-state index is 13.4. The van der Waals surface area contributed by atoms with Gasteiger partial charge in [-0.2, -0.15) is 0 Å². The van der Waals surface area contributed by atoms with Gasteiger partial charge in [-0.05, 0) is 30.2 Å². The van der Waals surface area contributed by atoms with Crippen LogP contribution in [0.25, 0.3) is 0 Å². The molecule has 2 aromatic carbocycles. The van der Waals surface area contributed by atoms with Gasteiger partial charge in [-0.15, -0.1) is 0 Å². The van der Waals surface area contributed by atoms with Gasteiger partial charge >= 0.3 is 6.03 Å². The molecule has 0 aliphatic carbocycles. The van der Waals surface area contributed by atoms with Gasteiger partial charge in [0.2, 0.25) is 0 Å². The van der Waals surface area contributed by atoms with E-state index >= 15 is 0 Å². The summed E-state index contributed by atoms with van der Waals surface area (Å²) < 4.78 is 13.4. The lowest BCUT2D eigenvalue weighted by atomic mass is 10.1. The molecule has 5 nitrogen and oxygen atoms in total. The van der Waals surface area contributed by atoms with Crippen LogP contribution in [0.15, 0.2) is 54.6 Å². The van der Waals surface area contributed by atoms with Crippen molar-refractivity contribution in [2.24, 2.45) is 0 Å². The van der Waals surface area contributed by atoms with Crippen molar-refractivity contribution in [3.63, 3.8) is 0 Å². The second kappa shape index (κ2) is 7.78. The summed E-state index contributed by atoms with van der Waals surface area (Å²) in [4.78, 5) is 23.2. The maximum absolute atomic E-state index is 13.4. The summed E-state index contributed by atoms with van der Waals surface area (Å²) in [6.07, 6.45) is 0.368. The molecule has 0 atom stereocenters. The average molecular weight is 301 g/mol. The van der Waals surface area contributed by atoms with Crippen LogP contribution in [0.4, 0.5) is 9.18 Å². The van der Waals surface area contributed by atoms with Gasteiger partial charge in [-0.1, -0.05) is 36.4 Å². The highest BCUT2D eigenvalue weighted by atomic mass is 19.1. The molecular weight excluding hydrogens is 285 g/mol. The van der Waals surface area contributed by atoms with Gasteiger partial charge in [0.05, 0.1) is 0 Å². The van der Waals surface area contributed by atoms with Crippen LogP contribution in [0.5, 0.6) is 0 Å². The molecular formula is C16H16FN3O2. The first-order chi connectivity index (χ1) is 10.7. The van der Waals surface area contributed by atoms with Crippen molar-refractivity contribution in [1.82, 2.24) is 16.2 Å². The number of urea groups is 1. The summed E-state index contributed by atoms with van der Waals surface area (Å²) in [5, 5.41) is 2.53. The van der Waals surface area contributed by atoms with Gasteiger partial charge in [0.25, 0.3) is 5.91 Å². The first kappa shape index (κ1) is 15.5. The first-order valence-corrected chi connectivity index (χ1v) is 6.79. The molecule has 0 spiro atoms. The van der Waals surface area contributed by atoms with Crippen molar-refractivity contribution in [2.75, 3.05) is 6.54 Å². The third-order valence-corrected chi connectivity index (χ3v) is 2.96. The second-order valence-corrected chi connectivity index (χ2v) is 4.54. The van der Waals surface area contributed by atoms with Crippen LogP contribution in [0.1, 0.15) is 15.9 Å². The second-order valence-electron chi connectivity index (χ2n) is 4.54. The summed E-state index contributed by atoms with van der Waals surface area (Å²) in [5.74, 6) is -0.716. The van der Waals surface area contributed by atoms with Crippen LogP contribution >= 0.6 is 0 Å². The Morgan fingerprint density at radius 3 is 2.32 bits per heavy atom. The van der Waals surface area contributed by atoms with E-state index in [1.807, 2.05) is 0 Å². The average Bonchev–Trinajstić information content (AvgIpc) is 2.55. The molecule has 0 aromatic heterocycles. The van der Waals surface area contributed by atoms with Gasteiger partial charge in [0.1, 0.15) is 5.82 Å². The standard InChI is InChI=1S/C16H16FN3O2/c17-14-9-5-4-6-12(14)10-11-18-16(22)20-19-15(21)13-7-2-1-3-8-13/h1-9H,10-11H2,(H,19,21)(H2,18,20,22). The van der Waals surface area contributed by atoms with E-state index in [2.05, 4.69) is 16.2 Å². The summed E-state index contributed by atoms with van der Waals surface area (Å²) in [5.41, 5.74) is 5.49. The Kier molecular flexibility index (Phi) is 5.48. The van der Waals surface area contributed by atoms with Crippen LogP contribution in [0, 0.1) is 5.82 Å². The molecule has 0 aliphatic rings. The fraction of sp³-hybridized carbons (Fsp3) is 0.125. The molecule has 0 bridgehead atoms. The molecule has 0 unspecified atom stereocenters. The van der Waals surface area contributed by atoms with Crippen molar-refractivity contribution in [2.45, 2.75) is 6.42 Å². The third-order valence-electron chi connectivity index (χ3n) is 2.96. The molecule has 0 aliphatic heterocycles. The van der Waals surface area contributed by atoms with Crippen LogP contribution in [0.2, 0.25) is 0 Å². The minimum atomic E-state index is -0.555. The molecule has 3 N–H and O–H groups in total. The van der Waals surface area contributed by atoms with Crippen LogP contribution in [-0.2, 0) is 6.42 Å². The lowest BCUT2D eigenvalue weighted by Gasteiger charge is -2.09. The molecule has 0 fully saturated rings. The quantitative estimate of drug-likeness (QED) is 0.756. The Hall–Kier alpha value is -2.89. The van der Waals surface area contributed by atoms with Gasteiger partial charge < -0.3 is 5.32 Å². The molecule has 6 heteroatoms. The Balaban J connectivity index is 1.70. The van der Waals surface area contributed by atoms with Crippen LogP contribution in [-0.4, -0.2) is 18.5 Å². The number of amides is 3. The van der Waals surface area contributed by atoms with Gasteiger partial charge in [-0.25, -0.2) is 14.6 Å². The lowest BCUT2D eigenvalue weighted by molar-refractivity contribution is 0.0936. The number of hydrogen-bond donors (Lipinski definition) is 3. The Labute approximate surface area is 127 Å². The molecule has 114 valence electrons. The van der Waals surface area contributed by atoms with Crippen molar-refractivity contribution in [3.05, 3.63) is 71.5 Å². The number of carbonyl (C=O) groups is 2. The summed E-state index contributed by atoms with van der Waals surface area (Å²) in [7, 11) is 0. The topological polar surface area (TPSA) is 70.2 Å². The van der Waals surface area contributed by atoms with E-state index in [1.165, 1.54) is 6.07 Å². The van der Waals surface area contributed by atoms with Crippen LogP contribution < -0.4 is 16.2 Å². The highest BCUT2D eigenvalue weighted by Gasteiger charge is 2.06. The number of rotatable bonds is 4. The highest BCUT2D eigenvalue weighted by Crippen LogP contribution is 2.05. The van der Waals surface area contributed by atoms with E-state index in [1.54, 1.807) is 48.5 Å². The van der Waals surface area contributed by atoms with E-state index in [-0.39, 0.29) is 12.4 Å². The van der Waals surface area contributed by atoms with Crippen molar-refractivity contribution in [3.8, 4) is 0 Å². The maximum Gasteiger partial charge on any atom is 0.333 e. The monoisotopic (exact) mass is 301 g/mol. The Morgan fingerprint density at radius 1 is 0.909 bits per heavy atom. The number of benzene rings is 2. The minimum Gasteiger partial charge on any atom is -0.336 e. The van der Waals surface area contributed by atoms with Crippen molar-refractivity contribution >= 4 is 11.9 Å². The molecule has 0 heterocycles. The third kappa shape index (κ3) is 4.59. The normalized spacial score (nSPS) is 9.86. The van der Waals surface area contributed by atoms with Gasteiger partial charge in [-0.3, -0.25) is 10.2 Å². The zero-order valence-electron chi connectivity index (χ0n) is 11.8. The van der Waals surface area contributed by atoms with E-state index in [4.69, 9.17) is 0 Å². The number of carbonyl (C=O) groups excluding carboxylic acids is 2. The highest BCUT2D eigenvalue weighted by molar-refractivity contribution is 5.95. The minimum absolute atomic E-state index is 0.258. The fourth-order valence-corrected chi connectivity index (χ4v) is 1.83. The number of halogens is 1. The SMILES string of the molecule is O=C(NCCc1ccccc1F)NNC(=O)c1ccccc1. The smallest absolute Gasteiger partial charge is 0.333 e. The first-order valence-electron chi connectivity index (χ1n) is 6.79. The van der Waals surface area contributed by atoms with E-state index < -0.39 is 11.9 Å². The van der Waals surface area contributed by atoms with Crippen LogP contribution in [0.3, 0.4) is 0 Å². The van der Waals surface area contributed by atoms with E-state index in [0.29, 0.717) is 17.5 Å². The summed E-state index contributed by atoms with van der Waals surface area (Å²) in [6.45, 7) is 0.258. The molecule has 2 aromatic rings. The Bertz CT molecular complexity index is 647. The molecule has 2 rings (SSSR count). The molecule has 0 radical (unpaired) electrons. The Morgan fingerprint density at radius 2 is 1.59 bits per heavy atom. The lowest BCUT2D eigenvalue weighted by Crippen LogP contribution is -2.47. The van der Waals surface area contributed by atoms with E-state index in [9.17, 15) is 14.0 Å². The summed E-state index contributed by atoms with van der Waals surface area (Å²) >= 11 is 0. The van der Waals surface area contributed by atoms with Gasteiger partial charge in [0, 0.05) is 12.1 Å². The largest absolute Gasteiger partial charge is 0.336 e. The molecule has 3 amide bonds. The predicted octanol–water partition coefficient (Wildman–Crippen LogP) is 2.01. The number of hydrazine groups is 1. The zero-order valence-corrected chi connectivity index (χ0v) is 11.8. The number of nitrogens with one attached hydrogen (secondary N) is 3. The molecule has 22 heavy (non-hydrogen) atoms. The predicted molar refractivity (Wildman–Crippen MR) is 80.5 cm³/mol. The van der Waals surface area contributed by atoms with Gasteiger partial charge in [0.15, 0.2) is 0 Å². The van der Waals surface area contributed by atoms with Crippen molar-refractivity contribution < 1.29 is 14.0 Å². The fourth-order valence-electron chi connectivity index (χ4n) is 1.83. The van der Waals surface area contributed by atoms with Crippen molar-refractivity contribution in [1.29, 1.82) is 0 Å².